The zero-order chi connectivity index (χ0) is 21.1. The number of rotatable bonds is 4. The molecule has 0 unspecified atom stereocenters. The second kappa shape index (κ2) is 9.14. The molecule has 0 aliphatic carbocycles. The van der Waals surface area contributed by atoms with Crippen LogP contribution >= 0.6 is 23.4 Å². The summed E-state index contributed by atoms with van der Waals surface area (Å²) < 4.78 is 5.47. The Morgan fingerprint density at radius 3 is 2.47 bits per heavy atom. The first-order valence-corrected chi connectivity index (χ1v) is 11.2. The molecule has 4 rings (SSSR count). The number of aliphatic imine (C=N–C) groups is 1. The molecule has 2 aliphatic heterocycles. The SMILES string of the molecule is CCOc1ccc(C=C2SC(N3CCN(c4ccc(C)c(Cl)c4)CC3)=NC2=O)cc1. The molecule has 2 aromatic rings. The Labute approximate surface area is 186 Å². The largest absolute Gasteiger partial charge is 0.494 e. The van der Waals surface area contributed by atoms with Crippen LogP contribution in [0.1, 0.15) is 18.1 Å². The third kappa shape index (κ3) is 4.65. The molecule has 0 spiro atoms. The van der Waals surface area contributed by atoms with Crippen LogP contribution in [0.4, 0.5) is 5.69 Å². The number of hydrogen-bond acceptors (Lipinski definition) is 5. The first kappa shape index (κ1) is 20.8. The molecule has 1 saturated heterocycles. The quantitative estimate of drug-likeness (QED) is 0.635. The van der Waals surface area contributed by atoms with E-state index >= 15 is 0 Å². The minimum Gasteiger partial charge on any atom is -0.494 e. The molecule has 5 nitrogen and oxygen atoms in total. The van der Waals surface area contributed by atoms with Crippen LogP contribution in [0, 0.1) is 6.92 Å². The fourth-order valence-electron chi connectivity index (χ4n) is 3.45. The lowest BCUT2D eigenvalue weighted by atomic mass is 10.2. The average Bonchev–Trinajstić information content (AvgIpc) is 3.12. The Morgan fingerprint density at radius 2 is 1.80 bits per heavy atom. The van der Waals surface area contributed by atoms with Crippen LogP contribution in [-0.4, -0.2) is 48.8 Å². The number of anilines is 1. The predicted octanol–water partition coefficient (Wildman–Crippen LogP) is 4.84. The molecule has 0 radical (unpaired) electrons. The molecule has 0 aromatic heterocycles. The molecular weight excluding hydrogens is 418 g/mol. The number of halogens is 1. The Hall–Kier alpha value is -2.44. The van der Waals surface area contributed by atoms with E-state index in [1.807, 2.05) is 50.3 Å². The van der Waals surface area contributed by atoms with Crippen LogP contribution in [0.5, 0.6) is 5.75 Å². The normalized spacial score (nSPS) is 18.2. The van der Waals surface area contributed by atoms with Crippen LogP contribution in [-0.2, 0) is 4.79 Å². The van der Waals surface area contributed by atoms with Crippen molar-refractivity contribution >= 4 is 46.2 Å². The van der Waals surface area contributed by atoms with Crippen molar-refractivity contribution in [2.24, 2.45) is 4.99 Å². The highest BCUT2D eigenvalue weighted by atomic mass is 35.5. The Balaban J connectivity index is 1.37. The molecule has 1 amide bonds. The fourth-order valence-corrected chi connectivity index (χ4v) is 4.59. The van der Waals surface area contributed by atoms with Gasteiger partial charge in [-0.25, -0.2) is 0 Å². The Kier molecular flexibility index (Phi) is 6.35. The number of thioether (sulfide) groups is 1. The van der Waals surface area contributed by atoms with Crippen LogP contribution in [0.15, 0.2) is 52.4 Å². The van der Waals surface area contributed by atoms with Crippen molar-refractivity contribution in [1.29, 1.82) is 0 Å². The fraction of sp³-hybridized carbons (Fsp3) is 0.304. The van der Waals surface area contributed by atoms with Gasteiger partial charge >= 0.3 is 0 Å². The summed E-state index contributed by atoms with van der Waals surface area (Å²) in [5.74, 6) is 0.659. The molecule has 0 atom stereocenters. The first-order valence-electron chi connectivity index (χ1n) is 10.0. The van der Waals surface area contributed by atoms with Crippen molar-refractivity contribution < 1.29 is 9.53 Å². The Morgan fingerprint density at radius 1 is 1.10 bits per heavy atom. The highest BCUT2D eigenvalue weighted by Gasteiger charge is 2.28. The van der Waals surface area contributed by atoms with Gasteiger partial charge in [0.05, 0.1) is 11.5 Å². The molecule has 0 N–H and O–H groups in total. The number of nitrogens with zero attached hydrogens (tertiary/aromatic N) is 3. The number of amides is 1. The molecule has 0 saturated carbocycles. The monoisotopic (exact) mass is 441 g/mol. The van der Waals surface area contributed by atoms with E-state index in [1.54, 1.807) is 0 Å². The maximum atomic E-state index is 12.4. The number of benzene rings is 2. The number of hydrogen-bond donors (Lipinski definition) is 0. The molecule has 2 aromatic carbocycles. The van der Waals surface area contributed by atoms with Gasteiger partial charge in [0.25, 0.3) is 5.91 Å². The number of carbonyl (C=O) groups is 1. The van der Waals surface area contributed by atoms with E-state index in [-0.39, 0.29) is 5.91 Å². The third-order valence-corrected chi connectivity index (χ3v) is 6.62. The number of ether oxygens (including phenoxy) is 1. The number of carbonyl (C=O) groups excluding carboxylic acids is 1. The smallest absolute Gasteiger partial charge is 0.286 e. The summed E-state index contributed by atoms with van der Waals surface area (Å²) in [4.78, 5) is 21.9. The van der Waals surface area contributed by atoms with Gasteiger partial charge in [-0.1, -0.05) is 29.8 Å². The van der Waals surface area contributed by atoms with Gasteiger partial charge in [0.15, 0.2) is 5.17 Å². The van der Waals surface area contributed by atoms with Crippen molar-refractivity contribution in [2.45, 2.75) is 13.8 Å². The van der Waals surface area contributed by atoms with Crippen LogP contribution in [0.3, 0.4) is 0 Å². The second-order valence-electron chi connectivity index (χ2n) is 7.22. The van der Waals surface area contributed by atoms with Crippen LogP contribution in [0.2, 0.25) is 5.02 Å². The molecule has 30 heavy (non-hydrogen) atoms. The maximum Gasteiger partial charge on any atom is 0.286 e. The summed E-state index contributed by atoms with van der Waals surface area (Å²) in [7, 11) is 0. The van der Waals surface area contributed by atoms with Gasteiger partial charge in [-0.05, 0) is 67.1 Å². The van der Waals surface area contributed by atoms with E-state index in [1.165, 1.54) is 11.8 Å². The van der Waals surface area contributed by atoms with E-state index in [0.717, 1.165) is 58.9 Å². The third-order valence-electron chi connectivity index (χ3n) is 5.17. The summed E-state index contributed by atoms with van der Waals surface area (Å²) in [5, 5.41) is 1.58. The number of amidine groups is 1. The van der Waals surface area contributed by atoms with Crippen molar-refractivity contribution in [3.8, 4) is 5.75 Å². The van der Waals surface area contributed by atoms with Gasteiger partial charge < -0.3 is 14.5 Å². The highest BCUT2D eigenvalue weighted by molar-refractivity contribution is 8.18. The average molecular weight is 442 g/mol. The van der Waals surface area contributed by atoms with Gasteiger partial charge in [0.1, 0.15) is 5.75 Å². The zero-order valence-electron chi connectivity index (χ0n) is 17.1. The van der Waals surface area contributed by atoms with Crippen LogP contribution < -0.4 is 9.64 Å². The minimum absolute atomic E-state index is 0.170. The van der Waals surface area contributed by atoms with Gasteiger partial charge in [-0.15, -0.1) is 0 Å². The molecule has 0 bridgehead atoms. The van der Waals surface area contributed by atoms with Gasteiger partial charge in [-0.2, -0.15) is 4.99 Å². The lowest BCUT2D eigenvalue weighted by molar-refractivity contribution is -0.113. The maximum absolute atomic E-state index is 12.4. The summed E-state index contributed by atoms with van der Waals surface area (Å²) >= 11 is 7.73. The lowest BCUT2D eigenvalue weighted by Crippen LogP contribution is -2.47. The first-order chi connectivity index (χ1) is 14.5. The summed E-state index contributed by atoms with van der Waals surface area (Å²) in [6.07, 6.45) is 1.89. The van der Waals surface area contributed by atoms with Crippen molar-refractivity contribution in [2.75, 3.05) is 37.7 Å². The van der Waals surface area contributed by atoms with E-state index < -0.39 is 0 Å². The minimum atomic E-state index is -0.170. The number of aryl methyl sites for hydroxylation is 1. The van der Waals surface area contributed by atoms with E-state index in [4.69, 9.17) is 16.3 Å². The topological polar surface area (TPSA) is 45.1 Å². The second-order valence-corrected chi connectivity index (χ2v) is 8.64. The summed E-state index contributed by atoms with van der Waals surface area (Å²) in [5.41, 5.74) is 3.19. The van der Waals surface area contributed by atoms with Gasteiger partial charge in [0.2, 0.25) is 0 Å². The molecule has 1 fully saturated rings. The van der Waals surface area contributed by atoms with Crippen molar-refractivity contribution in [3.05, 3.63) is 63.5 Å². The zero-order valence-corrected chi connectivity index (χ0v) is 18.7. The highest BCUT2D eigenvalue weighted by Crippen LogP contribution is 2.32. The standard InChI is InChI=1S/C23H24ClN3O2S/c1-3-29-19-8-5-17(6-9-19)14-21-22(28)25-23(30-21)27-12-10-26(11-13-27)18-7-4-16(2)20(24)15-18/h4-9,14-15H,3,10-13H2,1-2H3. The molecule has 2 heterocycles. The van der Waals surface area contributed by atoms with E-state index in [0.29, 0.717) is 11.5 Å². The van der Waals surface area contributed by atoms with Crippen molar-refractivity contribution in [3.63, 3.8) is 0 Å². The lowest BCUT2D eigenvalue weighted by Gasteiger charge is -2.36. The van der Waals surface area contributed by atoms with Gasteiger partial charge in [-0.3, -0.25) is 4.79 Å². The van der Waals surface area contributed by atoms with Gasteiger partial charge in [0, 0.05) is 36.9 Å². The number of piperazine rings is 1. The Bertz CT molecular complexity index is 996. The van der Waals surface area contributed by atoms with E-state index in [2.05, 4.69) is 26.9 Å². The summed E-state index contributed by atoms with van der Waals surface area (Å²) in [6.45, 7) is 7.97. The molecule has 7 heteroatoms. The van der Waals surface area contributed by atoms with Crippen molar-refractivity contribution in [1.82, 2.24) is 4.90 Å². The molecular formula is C23H24ClN3O2S. The molecule has 156 valence electrons. The van der Waals surface area contributed by atoms with E-state index in [9.17, 15) is 4.79 Å². The molecule has 2 aliphatic rings. The predicted molar refractivity (Wildman–Crippen MR) is 126 cm³/mol. The summed E-state index contributed by atoms with van der Waals surface area (Å²) in [6, 6.07) is 13.9. The van der Waals surface area contributed by atoms with Crippen LogP contribution in [0.25, 0.3) is 6.08 Å².